The molecule has 4 aromatic rings. The number of methoxy groups -OCH3 is 3. The van der Waals surface area contributed by atoms with Gasteiger partial charge in [-0.05, 0) is 53.6 Å². The van der Waals surface area contributed by atoms with E-state index >= 15 is 0 Å². The first-order valence-electron chi connectivity index (χ1n) is 13.0. The number of hydrogen-bond acceptors (Lipinski definition) is 6. The van der Waals surface area contributed by atoms with Crippen LogP contribution in [0, 0.1) is 0 Å². The van der Waals surface area contributed by atoms with Gasteiger partial charge in [-0.3, -0.25) is 0 Å². The maximum atomic E-state index is 5.57. The predicted octanol–water partition coefficient (Wildman–Crippen LogP) is 5.03. The summed E-state index contributed by atoms with van der Waals surface area (Å²) in [5, 5.41) is 4.79. The van der Waals surface area contributed by atoms with Crippen molar-refractivity contribution >= 4 is 29.7 Å². The fraction of sp³-hybridized carbons (Fsp3) is 0.250. The second-order valence-electron chi connectivity index (χ2n) is 9.71. The third kappa shape index (κ3) is 6.64. The zero-order valence-corrected chi connectivity index (χ0v) is 24.3. The molecule has 0 aliphatic rings. The van der Waals surface area contributed by atoms with Gasteiger partial charge in [-0.2, -0.15) is 0 Å². The van der Waals surface area contributed by atoms with Crippen molar-refractivity contribution in [1.82, 2.24) is 4.68 Å². The largest absolute Gasteiger partial charge is 0.493 e. The number of anilines is 2. The molecule has 8 heteroatoms. The third-order valence-electron chi connectivity index (χ3n) is 6.57. The lowest BCUT2D eigenvalue weighted by atomic mass is 10.1. The van der Waals surface area contributed by atoms with Crippen LogP contribution in [0.25, 0.3) is 12.2 Å². The molecule has 0 fully saturated rings. The minimum atomic E-state index is 0.572. The van der Waals surface area contributed by atoms with Crippen molar-refractivity contribution in [2.45, 2.75) is 6.54 Å². The average molecular weight is 541 g/mol. The Morgan fingerprint density at radius 1 is 0.750 bits per heavy atom. The van der Waals surface area contributed by atoms with Crippen molar-refractivity contribution in [2.75, 3.05) is 59.3 Å². The molecule has 0 unspecified atom stereocenters. The molecule has 40 heavy (non-hydrogen) atoms. The predicted molar refractivity (Wildman–Crippen MR) is 163 cm³/mol. The summed E-state index contributed by atoms with van der Waals surface area (Å²) in [4.78, 5) is 4.16. The van der Waals surface area contributed by atoms with Gasteiger partial charge in [0.1, 0.15) is 12.7 Å². The van der Waals surface area contributed by atoms with E-state index in [1.165, 1.54) is 0 Å². The molecule has 0 bridgehead atoms. The summed E-state index contributed by atoms with van der Waals surface area (Å²) in [6.45, 7) is 0.579. The van der Waals surface area contributed by atoms with Crippen LogP contribution in [0.2, 0.25) is 0 Å². The van der Waals surface area contributed by atoms with Crippen molar-refractivity contribution in [1.29, 1.82) is 0 Å². The molecule has 0 aliphatic carbocycles. The van der Waals surface area contributed by atoms with Crippen molar-refractivity contribution in [3.05, 3.63) is 95.6 Å². The number of hydrogen-bond donors (Lipinski definition) is 0. The Hall–Kier alpha value is -4.72. The summed E-state index contributed by atoms with van der Waals surface area (Å²) in [5.41, 5.74) is 5.42. The normalized spacial score (nSPS) is 11.3. The minimum absolute atomic E-state index is 0.572. The van der Waals surface area contributed by atoms with E-state index in [-0.39, 0.29) is 0 Å². The van der Waals surface area contributed by atoms with Crippen LogP contribution >= 0.6 is 0 Å². The molecule has 0 saturated heterocycles. The third-order valence-corrected chi connectivity index (χ3v) is 6.57. The molecule has 0 radical (unpaired) electrons. The van der Waals surface area contributed by atoms with Crippen LogP contribution in [0.15, 0.2) is 78.2 Å². The Balaban J connectivity index is 1.70. The van der Waals surface area contributed by atoms with Gasteiger partial charge in [0.25, 0.3) is 0 Å². The molecule has 0 saturated carbocycles. The maximum absolute atomic E-state index is 5.57. The summed E-state index contributed by atoms with van der Waals surface area (Å²) < 4.78 is 20.7. The molecule has 0 N–H and O–H groups in total. The van der Waals surface area contributed by atoms with Gasteiger partial charge >= 0.3 is 5.82 Å². The summed E-state index contributed by atoms with van der Waals surface area (Å²) >= 11 is 0. The molecule has 208 valence electrons. The average Bonchev–Trinajstić information content (AvgIpc) is 3.35. The van der Waals surface area contributed by atoms with Crippen LogP contribution in [-0.4, -0.2) is 60.4 Å². The molecule has 0 aliphatic heterocycles. The minimum Gasteiger partial charge on any atom is -0.493 e. The summed E-state index contributed by atoms with van der Waals surface area (Å²) in [7, 11) is 13.0. The standard InChI is InChI=1S/C32H38N5O3/c1-34(2)27-13-8-24(9-14-27)12-17-31-36(23-26-20-29(38-5)32(40-7)30(21-26)39-6)18-19-37(31)33-22-25-10-15-28(16-11-25)35(3)4/h8-22H,23H2,1-7H3/q+1/b33-22-. The van der Waals surface area contributed by atoms with E-state index in [1.807, 2.05) is 63.6 Å². The summed E-state index contributed by atoms with van der Waals surface area (Å²) in [6, 6.07) is 20.7. The zero-order chi connectivity index (χ0) is 28.6. The fourth-order valence-corrected chi connectivity index (χ4v) is 4.30. The molecule has 1 heterocycles. The monoisotopic (exact) mass is 540 g/mol. The molecule has 8 nitrogen and oxygen atoms in total. The van der Waals surface area contributed by atoms with Crippen LogP contribution in [0.3, 0.4) is 0 Å². The van der Waals surface area contributed by atoms with E-state index in [9.17, 15) is 0 Å². The van der Waals surface area contributed by atoms with E-state index in [0.29, 0.717) is 23.8 Å². The van der Waals surface area contributed by atoms with Gasteiger partial charge in [-0.25, -0.2) is 4.57 Å². The highest BCUT2D eigenvalue weighted by atomic mass is 16.5. The maximum Gasteiger partial charge on any atom is 0.307 e. The van der Waals surface area contributed by atoms with Crippen LogP contribution in [0.4, 0.5) is 11.4 Å². The van der Waals surface area contributed by atoms with E-state index < -0.39 is 0 Å². The molecular formula is C32H38N5O3+. The topological polar surface area (TPSA) is 55.3 Å². The van der Waals surface area contributed by atoms with Crippen molar-refractivity contribution < 1.29 is 18.8 Å². The van der Waals surface area contributed by atoms with Gasteiger partial charge in [0.05, 0.1) is 27.5 Å². The van der Waals surface area contributed by atoms with Crippen LogP contribution in [-0.2, 0) is 6.54 Å². The Kier molecular flexibility index (Phi) is 9.11. The number of aromatic nitrogens is 2. The lowest BCUT2D eigenvalue weighted by molar-refractivity contribution is -0.689. The first-order valence-corrected chi connectivity index (χ1v) is 13.0. The molecule has 0 atom stereocenters. The Morgan fingerprint density at radius 2 is 1.30 bits per heavy atom. The SMILES string of the molecule is COc1cc(C[n+]2ccn(/N=C\c3ccc(N(C)C)cc3)c2/C=C/c2ccc(N(C)C)cc2)cc(OC)c1OC. The van der Waals surface area contributed by atoms with Crippen molar-refractivity contribution in [3.63, 3.8) is 0 Å². The second-order valence-corrected chi connectivity index (χ2v) is 9.71. The van der Waals surface area contributed by atoms with Gasteiger partial charge in [0, 0.05) is 51.2 Å². The van der Waals surface area contributed by atoms with E-state index in [4.69, 9.17) is 19.3 Å². The van der Waals surface area contributed by atoms with E-state index in [1.54, 1.807) is 21.3 Å². The molecular weight excluding hydrogens is 502 g/mol. The van der Waals surface area contributed by atoms with E-state index in [2.05, 4.69) is 75.0 Å². The fourth-order valence-electron chi connectivity index (χ4n) is 4.30. The van der Waals surface area contributed by atoms with Crippen LogP contribution in [0.1, 0.15) is 22.5 Å². The van der Waals surface area contributed by atoms with Gasteiger partial charge < -0.3 is 24.0 Å². The number of imidazole rings is 1. The molecule has 1 aromatic heterocycles. The Morgan fingerprint density at radius 3 is 1.80 bits per heavy atom. The quantitative estimate of drug-likeness (QED) is 0.197. The smallest absolute Gasteiger partial charge is 0.307 e. The molecule has 0 amide bonds. The summed E-state index contributed by atoms with van der Waals surface area (Å²) in [6.07, 6.45) is 10.0. The van der Waals surface area contributed by atoms with Gasteiger partial charge in [-0.15, -0.1) is 4.68 Å². The Labute approximate surface area is 237 Å². The van der Waals surface area contributed by atoms with Gasteiger partial charge in [0.15, 0.2) is 17.7 Å². The highest BCUT2D eigenvalue weighted by Crippen LogP contribution is 2.38. The number of rotatable bonds is 11. The van der Waals surface area contributed by atoms with Crippen LogP contribution in [0.5, 0.6) is 17.2 Å². The van der Waals surface area contributed by atoms with Gasteiger partial charge in [0.2, 0.25) is 5.75 Å². The highest BCUT2D eigenvalue weighted by Gasteiger charge is 2.18. The highest BCUT2D eigenvalue weighted by molar-refractivity contribution is 5.80. The molecule has 3 aromatic carbocycles. The van der Waals surface area contributed by atoms with Crippen molar-refractivity contribution in [3.8, 4) is 17.2 Å². The molecule has 4 rings (SSSR count). The Bertz CT molecular complexity index is 1440. The van der Waals surface area contributed by atoms with Crippen LogP contribution < -0.4 is 28.6 Å². The first kappa shape index (κ1) is 28.3. The lowest BCUT2D eigenvalue weighted by Gasteiger charge is -2.13. The first-order chi connectivity index (χ1) is 19.3. The number of nitrogens with zero attached hydrogens (tertiary/aromatic N) is 5. The lowest BCUT2D eigenvalue weighted by Crippen LogP contribution is -2.36. The molecule has 0 spiro atoms. The second kappa shape index (κ2) is 12.9. The van der Waals surface area contributed by atoms with Crippen molar-refractivity contribution in [2.24, 2.45) is 5.10 Å². The van der Waals surface area contributed by atoms with E-state index in [0.717, 1.165) is 33.9 Å². The number of benzene rings is 3. The zero-order valence-electron chi connectivity index (χ0n) is 24.3. The summed E-state index contributed by atoms with van der Waals surface area (Å²) in [5.74, 6) is 2.72. The number of ether oxygens (including phenoxy) is 3. The van der Waals surface area contributed by atoms with Gasteiger partial charge in [-0.1, -0.05) is 29.4 Å².